The van der Waals surface area contributed by atoms with Crippen molar-refractivity contribution in [1.29, 1.82) is 0 Å². The van der Waals surface area contributed by atoms with Crippen molar-refractivity contribution in [2.24, 2.45) is 0 Å². The summed E-state index contributed by atoms with van der Waals surface area (Å²) in [6, 6.07) is 21.9. The highest BCUT2D eigenvalue weighted by molar-refractivity contribution is 5.97. The van der Waals surface area contributed by atoms with Gasteiger partial charge < -0.3 is 19.3 Å². The van der Waals surface area contributed by atoms with Gasteiger partial charge in [-0.3, -0.25) is 4.79 Å². The molecule has 1 aliphatic heterocycles. The van der Waals surface area contributed by atoms with Crippen LogP contribution in [0.2, 0.25) is 0 Å². The Morgan fingerprint density at radius 1 is 0.971 bits per heavy atom. The van der Waals surface area contributed by atoms with Crippen molar-refractivity contribution in [2.45, 2.75) is 45.8 Å². The Kier molecular flexibility index (Phi) is 6.31. The predicted molar refractivity (Wildman–Crippen MR) is 138 cm³/mol. The summed E-state index contributed by atoms with van der Waals surface area (Å²) >= 11 is 0. The quantitative estimate of drug-likeness (QED) is 0.417. The van der Waals surface area contributed by atoms with Crippen LogP contribution in [0, 0.1) is 20.8 Å². The molecule has 1 saturated heterocycles. The lowest BCUT2D eigenvalue weighted by Gasteiger charge is -2.20. The fourth-order valence-corrected chi connectivity index (χ4v) is 5.05. The van der Waals surface area contributed by atoms with Gasteiger partial charge in [-0.15, -0.1) is 0 Å². The van der Waals surface area contributed by atoms with E-state index in [0.29, 0.717) is 19.5 Å². The summed E-state index contributed by atoms with van der Waals surface area (Å²) < 4.78 is 8.08. The lowest BCUT2D eigenvalue weighted by molar-refractivity contribution is -0.117. The Morgan fingerprint density at radius 3 is 2.43 bits per heavy atom. The van der Waals surface area contributed by atoms with Gasteiger partial charge in [-0.05, 0) is 55.7 Å². The van der Waals surface area contributed by atoms with Crippen molar-refractivity contribution in [3.8, 4) is 5.75 Å². The zero-order valence-corrected chi connectivity index (χ0v) is 20.4. The molecule has 1 N–H and O–H groups in total. The van der Waals surface area contributed by atoms with Crippen LogP contribution in [0.25, 0.3) is 11.0 Å². The van der Waals surface area contributed by atoms with Crippen LogP contribution < -0.4 is 9.64 Å². The first-order valence-corrected chi connectivity index (χ1v) is 12.1. The molecular weight excluding hydrogens is 438 g/mol. The number of hydrogen-bond acceptors (Lipinski definition) is 4. The predicted octanol–water partition coefficient (Wildman–Crippen LogP) is 4.92. The second-order valence-electron chi connectivity index (χ2n) is 9.45. The van der Waals surface area contributed by atoms with Crippen molar-refractivity contribution in [3.63, 3.8) is 0 Å². The second-order valence-corrected chi connectivity index (χ2v) is 9.45. The van der Waals surface area contributed by atoms with Crippen molar-refractivity contribution in [3.05, 3.63) is 89.2 Å². The molecule has 6 nitrogen and oxygen atoms in total. The molecule has 5 rings (SSSR count). The Labute approximate surface area is 205 Å². The summed E-state index contributed by atoms with van der Waals surface area (Å²) in [6.07, 6.45) is -0.331. The highest BCUT2D eigenvalue weighted by Gasteiger charge is 2.35. The second kappa shape index (κ2) is 9.55. The van der Waals surface area contributed by atoms with Gasteiger partial charge in [-0.2, -0.15) is 0 Å². The number of aliphatic hydroxyl groups is 1. The molecule has 0 aliphatic carbocycles. The summed E-state index contributed by atoms with van der Waals surface area (Å²) in [4.78, 5) is 19.8. The molecule has 0 radical (unpaired) electrons. The number of aryl methyl sites for hydroxylation is 3. The van der Waals surface area contributed by atoms with E-state index < -0.39 is 6.10 Å². The summed E-state index contributed by atoms with van der Waals surface area (Å²) in [7, 11) is 0. The topological polar surface area (TPSA) is 67.6 Å². The Balaban J connectivity index is 1.40. The summed E-state index contributed by atoms with van der Waals surface area (Å²) in [6.45, 7) is 7.13. The standard InChI is InChI=1S/C29H31N3O3/c1-19-9-4-6-13-25(19)31-16-22(15-27(31)34)29-30-24-12-5-7-14-26(24)32(29)17-23(33)18-35-28-20(2)10-8-11-21(28)3/h4-14,22-23,33H,15-18H2,1-3H3/t22-,23-/m0/s1. The first kappa shape index (κ1) is 23.1. The Hall–Kier alpha value is -3.64. The van der Waals surface area contributed by atoms with Crippen LogP contribution >= 0.6 is 0 Å². The number of rotatable bonds is 7. The molecule has 0 saturated carbocycles. The van der Waals surface area contributed by atoms with Crippen molar-refractivity contribution < 1.29 is 14.6 Å². The minimum absolute atomic E-state index is 0.0544. The molecule has 2 heterocycles. The zero-order chi connectivity index (χ0) is 24.5. The van der Waals surface area contributed by atoms with Crippen LogP contribution in [-0.2, 0) is 11.3 Å². The summed E-state index contributed by atoms with van der Waals surface area (Å²) in [5.74, 6) is 1.70. The number of amides is 1. The first-order chi connectivity index (χ1) is 16.9. The molecule has 0 unspecified atom stereocenters. The highest BCUT2D eigenvalue weighted by Crippen LogP contribution is 2.34. The lowest BCUT2D eigenvalue weighted by atomic mass is 10.1. The van der Waals surface area contributed by atoms with Gasteiger partial charge in [0.25, 0.3) is 0 Å². The molecule has 3 aromatic carbocycles. The van der Waals surface area contributed by atoms with Crippen molar-refractivity contribution in [2.75, 3.05) is 18.1 Å². The van der Waals surface area contributed by atoms with E-state index in [0.717, 1.165) is 45.0 Å². The zero-order valence-electron chi connectivity index (χ0n) is 20.4. The Bertz CT molecular complexity index is 1360. The maximum absolute atomic E-state index is 13.0. The molecule has 1 aliphatic rings. The number of ether oxygens (including phenoxy) is 1. The molecule has 4 aromatic rings. The van der Waals surface area contributed by atoms with Crippen LogP contribution in [-0.4, -0.2) is 39.8 Å². The fourth-order valence-electron chi connectivity index (χ4n) is 5.05. The van der Waals surface area contributed by atoms with Gasteiger partial charge in [-0.1, -0.05) is 48.5 Å². The highest BCUT2D eigenvalue weighted by atomic mass is 16.5. The third-order valence-electron chi connectivity index (χ3n) is 6.80. The van der Waals surface area contributed by atoms with Crippen LogP contribution in [0.5, 0.6) is 5.75 Å². The number of benzene rings is 3. The van der Waals surface area contributed by atoms with Gasteiger partial charge in [-0.25, -0.2) is 4.98 Å². The van der Waals surface area contributed by atoms with Crippen molar-refractivity contribution >= 4 is 22.6 Å². The number of nitrogens with zero attached hydrogens (tertiary/aromatic N) is 3. The van der Waals surface area contributed by atoms with Gasteiger partial charge in [0.05, 0.1) is 17.6 Å². The maximum atomic E-state index is 13.0. The van der Waals surface area contributed by atoms with Crippen molar-refractivity contribution in [1.82, 2.24) is 9.55 Å². The molecule has 0 spiro atoms. The fraction of sp³-hybridized carbons (Fsp3) is 0.310. The first-order valence-electron chi connectivity index (χ1n) is 12.1. The van der Waals surface area contributed by atoms with Crippen LogP contribution in [0.1, 0.15) is 34.9 Å². The maximum Gasteiger partial charge on any atom is 0.227 e. The minimum atomic E-state index is -0.727. The van der Waals surface area contributed by atoms with E-state index in [-0.39, 0.29) is 18.4 Å². The lowest BCUT2D eigenvalue weighted by Crippen LogP contribution is -2.27. The molecule has 180 valence electrons. The number of imidazole rings is 1. The van der Waals surface area contributed by atoms with Gasteiger partial charge in [0.2, 0.25) is 5.91 Å². The molecule has 6 heteroatoms. The van der Waals surface area contributed by atoms with Crippen LogP contribution in [0.4, 0.5) is 5.69 Å². The molecule has 2 atom stereocenters. The van der Waals surface area contributed by atoms with Gasteiger partial charge in [0.1, 0.15) is 24.3 Å². The van der Waals surface area contributed by atoms with E-state index in [4.69, 9.17) is 9.72 Å². The van der Waals surface area contributed by atoms with E-state index in [1.165, 1.54) is 0 Å². The minimum Gasteiger partial charge on any atom is -0.490 e. The van der Waals surface area contributed by atoms with Gasteiger partial charge in [0.15, 0.2) is 0 Å². The number of carbonyl (C=O) groups excluding carboxylic acids is 1. The van der Waals surface area contributed by atoms with E-state index in [9.17, 15) is 9.90 Å². The molecule has 1 amide bonds. The van der Waals surface area contributed by atoms with Crippen LogP contribution in [0.3, 0.4) is 0 Å². The summed E-state index contributed by atoms with van der Waals surface area (Å²) in [5, 5.41) is 11.0. The Morgan fingerprint density at radius 2 is 1.66 bits per heavy atom. The van der Waals surface area contributed by atoms with Crippen LogP contribution in [0.15, 0.2) is 66.7 Å². The number of anilines is 1. The van der Waals surface area contributed by atoms with Gasteiger partial charge in [0, 0.05) is 24.6 Å². The molecular formula is C29H31N3O3. The number of fused-ring (bicyclic) bond motifs is 1. The normalized spacial score (nSPS) is 16.7. The number of aromatic nitrogens is 2. The number of hydrogen-bond donors (Lipinski definition) is 1. The molecule has 35 heavy (non-hydrogen) atoms. The monoisotopic (exact) mass is 469 g/mol. The third kappa shape index (κ3) is 4.54. The summed E-state index contributed by atoms with van der Waals surface area (Å²) in [5.41, 5.74) is 5.94. The molecule has 0 bridgehead atoms. The number of aliphatic hydroxyl groups excluding tert-OH is 1. The van der Waals surface area contributed by atoms with E-state index >= 15 is 0 Å². The third-order valence-corrected chi connectivity index (χ3v) is 6.80. The largest absolute Gasteiger partial charge is 0.490 e. The van der Waals surface area contributed by atoms with Gasteiger partial charge >= 0.3 is 0 Å². The van der Waals surface area contributed by atoms with E-state index in [1.54, 1.807) is 0 Å². The van der Waals surface area contributed by atoms with E-state index in [1.807, 2.05) is 92.4 Å². The average Bonchev–Trinajstić information content (AvgIpc) is 3.39. The average molecular weight is 470 g/mol. The number of carbonyl (C=O) groups is 1. The molecule has 1 aromatic heterocycles. The number of para-hydroxylation sites is 4. The SMILES string of the molecule is Cc1ccccc1N1C[C@@H](c2nc3ccccc3n2C[C@H](O)COc2c(C)cccc2C)CC1=O. The van der Waals surface area contributed by atoms with E-state index in [2.05, 4.69) is 4.57 Å². The smallest absolute Gasteiger partial charge is 0.227 e. The molecule has 1 fully saturated rings.